The minimum Gasteiger partial charge on any atom is -0.497 e. The van der Waals surface area contributed by atoms with E-state index in [4.69, 9.17) is 21.3 Å². The van der Waals surface area contributed by atoms with Gasteiger partial charge < -0.3 is 20.2 Å². The number of aromatic nitrogens is 3. The summed E-state index contributed by atoms with van der Waals surface area (Å²) in [6.07, 6.45) is 0.0153. The van der Waals surface area contributed by atoms with E-state index in [0.29, 0.717) is 38.9 Å². The number of amides is 2. The van der Waals surface area contributed by atoms with Gasteiger partial charge in [0.1, 0.15) is 17.6 Å². The number of nitrogens with zero attached hydrogens (tertiary/aromatic N) is 4. The normalized spacial score (nSPS) is 14.2. The van der Waals surface area contributed by atoms with E-state index < -0.39 is 14.4 Å². The lowest BCUT2D eigenvalue weighted by Crippen LogP contribution is -2.46. The Morgan fingerprint density at radius 2 is 1.74 bits per heavy atom. The van der Waals surface area contributed by atoms with Crippen molar-refractivity contribution in [2.75, 3.05) is 20.2 Å². The summed E-state index contributed by atoms with van der Waals surface area (Å²) in [5, 5.41) is 15.7. The van der Waals surface area contributed by atoms with Gasteiger partial charge in [-0.1, -0.05) is 41.9 Å². The summed E-state index contributed by atoms with van der Waals surface area (Å²) in [6.45, 7) is 5.83. The number of hydrogen-bond donors (Lipinski definition) is 3. The molecule has 43 heavy (non-hydrogen) atoms. The van der Waals surface area contributed by atoms with Gasteiger partial charge in [0.25, 0.3) is 5.91 Å². The molecule has 0 saturated heterocycles. The molecule has 2 heterocycles. The molecule has 12 heteroatoms. The first kappa shape index (κ1) is 30.1. The molecule has 0 spiro atoms. The average Bonchev–Trinajstić information content (AvgIpc) is 3.31. The number of fused-ring (bicyclic) bond motifs is 3. The fourth-order valence-corrected chi connectivity index (χ4v) is 6.60. The molecule has 1 aliphatic heterocycles. The summed E-state index contributed by atoms with van der Waals surface area (Å²) < 4.78 is 7.44. The average molecular weight is 617 g/mol. The van der Waals surface area contributed by atoms with Gasteiger partial charge in [0, 0.05) is 34.8 Å². The number of aryl methyl sites for hydroxylation is 1. The summed E-state index contributed by atoms with van der Waals surface area (Å²) in [7, 11) is -1.09. The lowest BCUT2D eigenvalue weighted by atomic mass is 10.00. The zero-order valence-electron chi connectivity index (χ0n) is 24.4. The Kier molecular flexibility index (Phi) is 8.76. The highest BCUT2D eigenvalue weighted by Gasteiger charge is 2.30. The monoisotopic (exact) mass is 616 g/mol. The molecule has 0 saturated carbocycles. The number of methoxy groups -OCH3 is 1. The molecule has 0 radical (unpaired) electrons. The van der Waals surface area contributed by atoms with Crippen molar-refractivity contribution < 1.29 is 19.1 Å². The predicted octanol–water partition coefficient (Wildman–Crippen LogP) is 3.47. The topological polar surface area (TPSA) is 131 Å². The van der Waals surface area contributed by atoms with Crippen LogP contribution in [0.4, 0.5) is 0 Å². The van der Waals surface area contributed by atoms with E-state index in [9.17, 15) is 14.4 Å². The number of aliphatic imine (C=N–C) groups is 1. The second-order valence-electron chi connectivity index (χ2n) is 10.7. The number of nitrogens with one attached hydrogen (secondary N) is 2. The van der Waals surface area contributed by atoms with Gasteiger partial charge in [-0.3, -0.25) is 19.1 Å². The van der Waals surface area contributed by atoms with Crippen LogP contribution in [0.3, 0.4) is 0 Å². The molecule has 3 aromatic carbocycles. The van der Waals surface area contributed by atoms with Crippen molar-refractivity contribution in [1.29, 1.82) is 0 Å². The van der Waals surface area contributed by atoms with Gasteiger partial charge in [-0.15, -0.1) is 10.2 Å². The lowest BCUT2D eigenvalue weighted by molar-refractivity contribution is -0.121. The van der Waals surface area contributed by atoms with Crippen LogP contribution in [0.25, 0.3) is 5.69 Å². The Hall–Kier alpha value is -4.32. The molecule has 1 aliphatic rings. The fraction of sp³-hybridized carbons (Fsp3) is 0.258. The van der Waals surface area contributed by atoms with Gasteiger partial charge >= 0.3 is 0 Å². The highest BCUT2D eigenvalue weighted by molar-refractivity contribution is 6.84. The molecule has 1 aromatic heterocycles. The third-order valence-electron chi connectivity index (χ3n) is 7.19. The van der Waals surface area contributed by atoms with Crippen LogP contribution in [0.2, 0.25) is 18.1 Å². The minimum absolute atomic E-state index is 0.0153. The molecule has 2 amide bonds. The van der Waals surface area contributed by atoms with Crippen molar-refractivity contribution in [1.82, 2.24) is 25.4 Å². The third-order valence-corrected chi connectivity index (χ3v) is 9.20. The Balaban J connectivity index is 1.35. The summed E-state index contributed by atoms with van der Waals surface area (Å²) in [4.78, 5) is 41.6. The second-order valence-corrected chi connectivity index (χ2v) is 14.8. The molecule has 222 valence electrons. The first-order chi connectivity index (χ1) is 20.6. The largest absolute Gasteiger partial charge is 0.497 e. The quantitative estimate of drug-likeness (QED) is 0.195. The maximum absolute atomic E-state index is 13.2. The standard InChI is InChI=1S/C31H33ClN6O4Si/c1-19-36-37-30-25(18-28(39)33-15-16-34-31(40)23-7-5-6-8-27(23)43(3,4)41)35-29(20-9-11-21(32)12-10-20)24-17-22(42-2)13-14-26(24)38(19)30/h5-14,17,25,41H,15-16,18H2,1-4H3,(H,33,39)(H,34,40)/t25-/m0/s1. The van der Waals surface area contributed by atoms with Crippen LogP contribution in [0, 0.1) is 6.92 Å². The van der Waals surface area contributed by atoms with Crippen LogP contribution >= 0.6 is 11.6 Å². The number of benzene rings is 3. The van der Waals surface area contributed by atoms with Gasteiger partial charge in [-0.05, 0) is 61.6 Å². The molecule has 0 unspecified atom stereocenters. The maximum atomic E-state index is 13.2. The lowest BCUT2D eigenvalue weighted by Gasteiger charge is -2.18. The fourth-order valence-electron chi connectivity index (χ4n) is 5.11. The number of halogens is 1. The van der Waals surface area contributed by atoms with E-state index in [0.717, 1.165) is 16.8 Å². The summed E-state index contributed by atoms with van der Waals surface area (Å²) in [6, 6.07) is 19.5. The highest BCUT2D eigenvalue weighted by Crippen LogP contribution is 2.34. The number of rotatable bonds is 9. The number of hydrogen-bond acceptors (Lipinski definition) is 7. The van der Waals surface area contributed by atoms with Gasteiger partial charge in [0.15, 0.2) is 5.82 Å². The van der Waals surface area contributed by atoms with E-state index >= 15 is 0 Å². The molecule has 10 nitrogen and oxygen atoms in total. The molecule has 4 aromatic rings. The van der Waals surface area contributed by atoms with E-state index in [-0.39, 0.29) is 31.3 Å². The first-order valence-electron chi connectivity index (χ1n) is 13.9. The van der Waals surface area contributed by atoms with E-state index in [1.54, 1.807) is 50.5 Å². The molecule has 0 bridgehead atoms. The molecular formula is C31H33ClN6O4Si. The summed E-state index contributed by atoms with van der Waals surface area (Å²) in [5.74, 6) is 1.33. The van der Waals surface area contributed by atoms with Crippen LogP contribution in [-0.2, 0) is 4.79 Å². The van der Waals surface area contributed by atoms with Gasteiger partial charge in [-0.2, -0.15) is 0 Å². The van der Waals surface area contributed by atoms with Crippen molar-refractivity contribution in [3.05, 3.63) is 100 Å². The van der Waals surface area contributed by atoms with Crippen LogP contribution < -0.4 is 20.6 Å². The van der Waals surface area contributed by atoms with E-state index in [2.05, 4.69) is 20.8 Å². The summed E-state index contributed by atoms with van der Waals surface area (Å²) in [5.41, 5.74) is 3.59. The number of carbonyl (C=O) groups excluding carboxylic acids is 2. The van der Waals surface area contributed by atoms with Crippen molar-refractivity contribution in [2.45, 2.75) is 32.5 Å². The van der Waals surface area contributed by atoms with Gasteiger partial charge in [0.05, 0.1) is 24.9 Å². The Labute approximate surface area is 255 Å². The van der Waals surface area contributed by atoms with Crippen molar-refractivity contribution in [2.24, 2.45) is 4.99 Å². The second kappa shape index (κ2) is 12.5. The summed E-state index contributed by atoms with van der Waals surface area (Å²) >= 11 is 6.18. The van der Waals surface area contributed by atoms with Crippen LogP contribution in [0.1, 0.15) is 45.6 Å². The zero-order valence-corrected chi connectivity index (χ0v) is 26.1. The third kappa shape index (κ3) is 6.53. The Bertz CT molecular complexity index is 1700. The molecular weight excluding hydrogens is 584 g/mol. The maximum Gasteiger partial charge on any atom is 0.251 e. The Morgan fingerprint density at radius 3 is 2.47 bits per heavy atom. The van der Waals surface area contributed by atoms with Crippen molar-refractivity contribution in [3.8, 4) is 11.4 Å². The highest BCUT2D eigenvalue weighted by atomic mass is 35.5. The van der Waals surface area contributed by atoms with Crippen LogP contribution in [0.5, 0.6) is 5.75 Å². The van der Waals surface area contributed by atoms with Crippen molar-refractivity contribution in [3.63, 3.8) is 0 Å². The van der Waals surface area contributed by atoms with E-state index in [1.807, 2.05) is 47.9 Å². The minimum atomic E-state index is -2.69. The zero-order chi connectivity index (χ0) is 30.7. The van der Waals surface area contributed by atoms with Crippen LogP contribution in [0.15, 0.2) is 71.7 Å². The Morgan fingerprint density at radius 1 is 1.02 bits per heavy atom. The molecule has 5 rings (SSSR count). The van der Waals surface area contributed by atoms with Gasteiger partial charge in [-0.25, -0.2) is 0 Å². The van der Waals surface area contributed by atoms with Crippen LogP contribution in [-0.4, -0.2) is 65.6 Å². The van der Waals surface area contributed by atoms with Gasteiger partial charge in [0.2, 0.25) is 14.2 Å². The molecule has 3 N–H and O–H groups in total. The number of carbonyl (C=O) groups is 2. The molecule has 0 fully saturated rings. The first-order valence-corrected chi connectivity index (χ1v) is 17.2. The van der Waals surface area contributed by atoms with Crippen molar-refractivity contribution >= 4 is 42.6 Å². The molecule has 1 atom stereocenters. The van der Waals surface area contributed by atoms with E-state index in [1.165, 1.54) is 0 Å². The smallest absolute Gasteiger partial charge is 0.251 e. The SMILES string of the molecule is COc1ccc2c(c1)C(c1ccc(Cl)cc1)=N[C@@H](CC(=O)NCCNC(=O)c1ccccc1[Si](C)(C)O)c1nnc(C)n1-2. The number of ether oxygens (including phenoxy) is 1. The predicted molar refractivity (Wildman–Crippen MR) is 168 cm³/mol. The molecule has 0 aliphatic carbocycles.